The molecule has 0 saturated carbocycles. The Bertz CT molecular complexity index is 901. The minimum Gasteiger partial charge on any atom is -0.490 e. The first kappa shape index (κ1) is 20.1. The SMILES string of the molecule is C=CCOc1ccc(/C=C(\C#N)C(=O)Nc2cccc(Cl)c2)cc1OCC. The highest BCUT2D eigenvalue weighted by atomic mass is 35.5. The minimum absolute atomic E-state index is 0.0443. The molecule has 0 spiro atoms. The van der Waals surface area contributed by atoms with Gasteiger partial charge in [-0.1, -0.05) is 36.4 Å². The van der Waals surface area contributed by atoms with Gasteiger partial charge in [0.2, 0.25) is 0 Å². The number of nitriles is 1. The number of benzene rings is 2. The number of halogens is 1. The Morgan fingerprint density at radius 2 is 2.07 bits per heavy atom. The lowest BCUT2D eigenvalue weighted by molar-refractivity contribution is -0.112. The number of hydrogen-bond donors (Lipinski definition) is 1. The molecule has 0 saturated heterocycles. The van der Waals surface area contributed by atoms with Gasteiger partial charge >= 0.3 is 0 Å². The van der Waals surface area contributed by atoms with E-state index in [0.29, 0.717) is 41.0 Å². The van der Waals surface area contributed by atoms with Crippen molar-refractivity contribution in [2.45, 2.75) is 6.92 Å². The van der Waals surface area contributed by atoms with E-state index in [2.05, 4.69) is 11.9 Å². The molecule has 0 aliphatic heterocycles. The van der Waals surface area contributed by atoms with Crippen molar-refractivity contribution in [2.75, 3.05) is 18.5 Å². The van der Waals surface area contributed by atoms with E-state index in [1.54, 1.807) is 48.5 Å². The van der Waals surface area contributed by atoms with Crippen LogP contribution in [0.25, 0.3) is 6.08 Å². The quantitative estimate of drug-likeness (QED) is 0.402. The van der Waals surface area contributed by atoms with Gasteiger partial charge in [-0.15, -0.1) is 0 Å². The van der Waals surface area contributed by atoms with Crippen LogP contribution in [0.2, 0.25) is 5.02 Å². The molecule has 6 heteroatoms. The Morgan fingerprint density at radius 1 is 1.26 bits per heavy atom. The number of nitrogens with one attached hydrogen (secondary N) is 1. The second-order valence-corrected chi connectivity index (χ2v) is 5.81. The largest absolute Gasteiger partial charge is 0.490 e. The maximum absolute atomic E-state index is 12.4. The zero-order chi connectivity index (χ0) is 19.6. The van der Waals surface area contributed by atoms with Crippen molar-refractivity contribution in [2.24, 2.45) is 0 Å². The molecule has 138 valence electrons. The Labute approximate surface area is 163 Å². The minimum atomic E-state index is -0.523. The van der Waals surface area contributed by atoms with E-state index >= 15 is 0 Å². The lowest BCUT2D eigenvalue weighted by Gasteiger charge is -2.11. The lowest BCUT2D eigenvalue weighted by Crippen LogP contribution is -2.13. The van der Waals surface area contributed by atoms with Crippen LogP contribution in [0.4, 0.5) is 5.69 Å². The average molecular weight is 383 g/mol. The van der Waals surface area contributed by atoms with Gasteiger partial charge in [-0.25, -0.2) is 0 Å². The summed E-state index contributed by atoms with van der Waals surface area (Å²) < 4.78 is 11.1. The highest BCUT2D eigenvalue weighted by Gasteiger charge is 2.11. The summed E-state index contributed by atoms with van der Waals surface area (Å²) in [6, 6.07) is 13.8. The van der Waals surface area contributed by atoms with Crippen LogP contribution >= 0.6 is 11.6 Å². The zero-order valence-corrected chi connectivity index (χ0v) is 15.6. The molecule has 0 aromatic heterocycles. The van der Waals surface area contributed by atoms with Gasteiger partial charge in [-0.3, -0.25) is 4.79 Å². The summed E-state index contributed by atoms with van der Waals surface area (Å²) in [7, 11) is 0. The summed E-state index contributed by atoms with van der Waals surface area (Å²) in [5.74, 6) is 0.570. The van der Waals surface area contributed by atoms with Crippen molar-refractivity contribution < 1.29 is 14.3 Å². The molecule has 2 aromatic carbocycles. The van der Waals surface area contributed by atoms with Crippen LogP contribution in [0.5, 0.6) is 11.5 Å². The normalized spacial score (nSPS) is 10.6. The summed E-state index contributed by atoms with van der Waals surface area (Å²) in [5.41, 5.74) is 1.11. The van der Waals surface area contributed by atoms with Crippen molar-refractivity contribution in [1.29, 1.82) is 5.26 Å². The topological polar surface area (TPSA) is 71.3 Å². The summed E-state index contributed by atoms with van der Waals surface area (Å²) in [5, 5.41) is 12.5. The highest BCUT2D eigenvalue weighted by Crippen LogP contribution is 2.29. The maximum atomic E-state index is 12.4. The second-order valence-electron chi connectivity index (χ2n) is 5.37. The van der Waals surface area contributed by atoms with E-state index in [4.69, 9.17) is 21.1 Å². The average Bonchev–Trinajstić information content (AvgIpc) is 2.65. The fraction of sp³-hybridized carbons (Fsp3) is 0.143. The summed E-state index contributed by atoms with van der Waals surface area (Å²) in [6.07, 6.45) is 3.12. The predicted molar refractivity (Wildman–Crippen MR) is 107 cm³/mol. The van der Waals surface area contributed by atoms with Gasteiger partial charge in [0.25, 0.3) is 5.91 Å². The fourth-order valence-electron chi connectivity index (χ4n) is 2.23. The van der Waals surface area contributed by atoms with E-state index in [9.17, 15) is 10.1 Å². The third-order valence-corrected chi connectivity index (χ3v) is 3.62. The molecule has 2 rings (SSSR count). The van der Waals surface area contributed by atoms with Gasteiger partial charge in [0, 0.05) is 10.7 Å². The molecule has 1 N–H and O–H groups in total. The Kier molecular flexibility index (Phi) is 7.48. The standard InChI is InChI=1S/C21H19ClN2O3/c1-3-10-27-19-9-8-15(12-20(19)26-4-2)11-16(14-23)21(25)24-18-7-5-6-17(22)13-18/h3,5-9,11-13H,1,4,10H2,2H3,(H,24,25)/b16-11+. The first-order chi connectivity index (χ1) is 13.1. The van der Waals surface area contributed by atoms with E-state index in [0.717, 1.165) is 0 Å². The summed E-state index contributed by atoms with van der Waals surface area (Å²) in [4.78, 5) is 12.4. The molecule has 5 nitrogen and oxygen atoms in total. The molecule has 0 heterocycles. The molecule has 0 bridgehead atoms. The van der Waals surface area contributed by atoms with Crippen LogP contribution in [0, 0.1) is 11.3 Å². The molecule has 0 atom stereocenters. The third-order valence-electron chi connectivity index (χ3n) is 3.38. The first-order valence-corrected chi connectivity index (χ1v) is 8.64. The van der Waals surface area contributed by atoms with E-state index < -0.39 is 5.91 Å². The lowest BCUT2D eigenvalue weighted by atomic mass is 10.1. The molecule has 0 fully saturated rings. The van der Waals surface area contributed by atoms with E-state index in [1.807, 2.05) is 13.0 Å². The van der Waals surface area contributed by atoms with Gasteiger partial charge in [0.1, 0.15) is 18.2 Å². The third kappa shape index (κ3) is 5.91. The molecule has 2 aromatic rings. The smallest absolute Gasteiger partial charge is 0.266 e. The Balaban J connectivity index is 2.25. The number of anilines is 1. The Morgan fingerprint density at radius 3 is 2.74 bits per heavy atom. The molecule has 0 unspecified atom stereocenters. The van der Waals surface area contributed by atoms with Gasteiger partial charge < -0.3 is 14.8 Å². The van der Waals surface area contributed by atoms with Crippen LogP contribution in [-0.2, 0) is 4.79 Å². The van der Waals surface area contributed by atoms with Crippen molar-refractivity contribution in [3.8, 4) is 17.6 Å². The molecule has 0 aliphatic rings. The number of hydrogen-bond acceptors (Lipinski definition) is 4. The molecular formula is C21H19ClN2O3. The van der Waals surface area contributed by atoms with Gasteiger partial charge in [0.05, 0.1) is 6.61 Å². The monoisotopic (exact) mass is 382 g/mol. The van der Waals surface area contributed by atoms with Gasteiger partial charge in [-0.05, 0) is 48.9 Å². The van der Waals surface area contributed by atoms with Gasteiger partial charge in [0.15, 0.2) is 11.5 Å². The zero-order valence-electron chi connectivity index (χ0n) is 14.9. The van der Waals surface area contributed by atoms with Crippen LogP contribution in [0.15, 0.2) is 60.7 Å². The fourth-order valence-corrected chi connectivity index (χ4v) is 2.42. The number of amides is 1. The number of rotatable bonds is 8. The molecule has 0 aliphatic carbocycles. The van der Waals surface area contributed by atoms with Crippen LogP contribution in [0.1, 0.15) is 12.5 Å². The maximum Gasteiger partial charge on any atom is 0.266 e. The van der Waals surface area contributed by atoms with Crippen molar-refractivity contribution in [3.05, 3.63) is 71.3 Å². The second kappa shape index (κ2) is 10.0. The number of nitrogens with zero attached hydrogens (tertiary/aromatic N) is 1. The van der Waals surface area contributed by atoms with Crippen LogP contribution in [-0.4, -0.2) is 19.1 Å². The van der Waals surface area contributed by atoms with E-state index in [-0.39, 0.29) is 5.57 Å². The number of ether oxygens (including phenoxy) is 2. The van der Waals surface area contributed by atoms with Crippen molar-refractivity contribution >= 4 is 29.3 Å². The molecular weight excluding hydrogens is 364 g/mol. The predicted octanol–water partition coefficient (Wildman–Crippen LogP) is 4.85. The Hall–Kier alpha value is -3.23. The van der Waals surface area contributed by atoms with Crippen molar-refractivity contribution in [1.82, 2.24) is 0 Å². The molecule has 27 heavy (non-hydrogen) atoms. The van der Waals surface area contributed by atoms with E-state index in [1.165, 1.54) is 6.08 Å². The van der Waals surface area contributed by atoms with Crippen LogP contribution in [0.3, 0.4) is 0 Å². The summed E-state index contributed by atoms with van der Waals surface area (Å²) in [6.45, 7) is 6.28. The first-order valence-electron chi connectivity index (χ1n) is 8.26. The number of carbonyl (C=O) groups excluding carboxylic acids is 1. The van der Waals surface area contributed by atoms with Crippen molar-refractivity contribution in [3.63, 3.8) is 0 Å². The molecule has 0 radical (unpaired) electrons. The van der Waals surface area contributed by atoms with Crippen LogP contribution < -0.4 is 14.8 Å². The van der Waals surface area contributed by atoms with Gasteiger partial charge in [-0.2, -0.15) is 5.26 Å². The molecule has 1 amide bonds. The number of carbonyl (C=O) groups is 1. The summed E-state index contributed by atoms with van der Waals surface area (Å²) >= 11 is 5.91. The highest BCUT2D eigenvalue weighted by molar-refractivity contribution is 6.31.